The van der Waals surface area contributed by atoms with Crippen LogP contribution < -0.4 is 11.2 Å². The maximum absolute atomic E-state index is 12.9. The van der Waals surface area contributed by atoms with E-state index >= 15 is 0 Å². The van der Waals surface area contributed by atoms with Crippen molar-refractivity contribution in [1.82, 2.24) is 14.5 Å². The number of fused-ring (bicyclic) bond motifs is 1. The molecule has 0 saturated heterocycles. The third kappa shape index (κ3) is 4.27. The average Bonchev–Trinajstić information content (AvgIpc) is 2.73. The zero-order chi connectivity index (χ0) is 21.3. The van der Waals surface area contributed by atoms with Gasteiger partial charge in [0.25, 0.3) is 5.56 Å². The summed E-state index contributed by atoms with van der Waals surface area (Å²) in [5.41, 5.74) is 4.61. The summed E-state index contributed by atoms with van der Waals surface area (Å²) >= 11 is 5.97. The minimum absolute atomic E-state index is 0.205. The van der Waals surface area contributed by atoms with Gasteiger partial charge in [-0.05, 0) is 67.2 Å². The van der Waals surface area contributed by atoms with E-state index in [1.807, 2.05) is 38.1 Å². The fourth-order valence-corrected chi connectivity index (χ4v) is 4.34. The SMILES string of the molecule is Cc1cc(C)c2[nH]c(=O)n(CCCN3CC=C(c4ccc(Cl)cc4)CC3)c(=O)c2c1. The largest absolute Gasteiger partial charge is 0.328 e. The lowest BCUT2D eigenvalue weighted by Crippen LogP contribution is -2.37. The quantitative estimate of drug-likeness (QED) is 0.671. The number of H-pyrrole nitrogens is 1. The van der Waals surface area contributed by atoms with E-state index in [1.165, 1.54) is 15.7 Å². The van der Waals surface area contributed by atoms with Crippen LogP contribution in [0.15, 0.2) is 52.1 Å². The molecule has 0 aliphatic carbocycles. The molecular formula is C24H26ClN3O2. The van der Waals surface area contributed by atoms with Gasteiger partial charge in [-0.1, -0.05) is 35.9 Å². The Morgan fingerprint density at radius 1 is 1.07 bits per heavy atom. The molecule has 0 fully saturated rings. The number of nitrogens with zero attached hydrogens (tertiary/aromatic N) is 2. The number of hydrogen-bond acceptors (Lipinski definition) is 3. The summed E-state index contributed by atoms with van der Waals surface area (Å²) in [5.74, 6) is 0. The molecule has 30 heavy (non-hydrogen) atoms. The van der Waals surface area contributed by atoms with Gasteiger partial charge in [0.2, 0.25) is 0 Å². The monoisotopic (exact) mass is 423 g/mol. The highest BCUT2D eigenvalue weighted by molar-refractivity contribution is 6.30. The van der Waals surface area contributed by atoms with Crippen LogP contribution in [0.25, 0.3) is 16.5 Å². The van der Waals surface area contributed by atoms with Crippen LogP contribution in [0, 0.1) is 13.8 Å². The molecule has 0 spiro atoms. The van der Waals surface area contributed by atoms with Crippen LogP contribution in [0.1, 0.15) is 29.5 Å². The Morgan fingerprint density at radius 3 is 2.53 bits per heavy atom. The minimum atomic E-state index is -0.331. The summed E-state index contributed by atoms with van der Waals surface area (Å²) in [6.45, 7) is 6.98. The van der Waals surface area contributed by atoms with Gasteiger partial charge >= 0.3 is 5.69 Å². The zero-order valence-corrected chi connectivity index (χ0v) is 18.1. The lowest BCUT2D eigenvalue weighted by atomic mass is 9.99. The van der Waals surface area contributed by atoms with Gasteiger partial charge in [0, 0.05) is 31.2 Å². The highest BCUT2D eigenvalue weighted by Gasteiger charge is 2.14. The summed E-state index contributed by atoms with van der Waals surface area (Å²) in [6, 6.07) is 11.8. The number of hydrogen-bond donors (Lipinski definition) is 1. The number of aromatic amines is 1. The summed E-state index contributed by atoms with van der Waals surface area (Å²) < 4.78 is 1.33. The summed E-state index contributed by atoms with van der Waals surface area (Å²) in [6.07, 6.45) is 3.99. The molecule has 3 aromatic rings. The Balaban J connectivity index is 1.42. The Kier molecular flexibility index (Phi) is 5.93. The van der Waals surface area contributed by atoms with Gasteiger partial charge in [-0.15, -0.1) is 0 Å². The van der Waals surface area contributed by atoms with Crippen molar-refractivity contribution < 1.29 is 0 Å². The van der Waals surface area contributed by atoms with Gasteiger partial charge in [0.15, 0.2) is 0 Å². The lowest BCUT2D eigenvalue weighted by Gasteiger charge is -2.26. The van der Waals surface area contributed by atoms with Crippen molar-refractivity contribution in [2.75, 3.05) is 19.6 Å². The van der Waals surface area contributed by atoms with Gasteiger partial charge in [-0.2, -0.15) is 0 Å². The van der Waals surface area contributed by atoms with Gasteiger partial charge in [-0.25, -0.2) is 4.79 Å². The van der Waals surface area contributed by atoms with Crippen LogP contribution in [0.3, 0.4) is 0 Å². The molecule has 0 saturated carbocycles. The van der Waals surface area contributed by atoms with E-state index in [2.05, 4.69) is 28.1 Å². The van der Waals surface area contributed by atoms with E-state index < -0.39 is 0 Å². The normalized spacial score (nSPS) is 14.8. The van der Waals surface area contributed by atoms with Crippen molar-refractivity contribution >= 4 is 28.1 Å². The summed E-state index contributed by atoms with van der Waals surface area (Å²) in [5, 5.41) is 1.33. The summed E-state index contributed by atoms with van der Waals surface area (Å²) in [7, 11) is 0. The Labute approximate surface area is 180 Å². The highest BCUT2D eigenvalue weighted by Crippen LogP contribution is 2.23. The molecule has 5 nitrogen and oxygen atoms in total. The van der Waals surface area contributed by atoms with Crippen molar-refractivity contribution in [3.05, 3.63) is 85.0 Å². The predicted octanol–water partition coefficient (Wildman–Crippen LogP) is 4.14. The second-order valence-electron chi connectivity index (χ2n) is 8.03. The van der Waals surface area contributed by atoms with Crippen LogP contribution >= 0.6 is 11.6 Å². The number of rotatable bonds is 5. The van der Waals surface area contributed by atoms with Crippen LogP contribution in [0.5, 0.6) is 0 Å². The fraction of sp³-hybridized carbons (Fsp3) is 0.333. The molecule has 0 radical (unpaired) electrons. The Morgan fingerprint density at radius 2 is 1.83 bits per heavy atom. The molecule has 2 heterocycles. The van der Waals surface area contributed by atoms with Crippen LogP contribution in [-0.4, -0.2) is 34.1 Å². The van der Waals surface area contributed by atoms with E-state index in [0.29, 0.717) is 17.4 Å². The first-order chi connectivity index (χ1) is 14.4. The van der Waals surface area contributed by atoms with Gasteiger partial charge in [0.05, 0.1) is 10.9 Å². The third-order valence-electron chi connectivity index (χ3n) is 5.80. The first-order valence-corrected chi connectivity index (χ1v) is 10.7. The van der Waals surface area contributed by atoms with Crippen LogP contribution in [0.2, 0.25) is 5.02 Å². The highest BCUT2D eigenvalue weighted by atomic mass is 35.5. The van der Waals surface area contributed by atoms with Crippen molar-refractivity contribution in [3.8, 4) is 0 Å². The lowest BCUT2D eigenvalue weighted by molar-refractivity contribution is 0.290. The van der Waals surface area contributed by atoms with E-state index in [9.17, 15) is 9.59 Å². The predicted molar refractivity (Wildman–Crippen MR) is 123 cm³/mol. The van der Waals surface area contributed by atoms with Crippen molar-refractivity contribution in [2.24, 2.45) is 0 Å². The van der Waals surface area contributed by atoms with E-state index in [4.69, 9.17) is 11.6 Å². The number of aromatic nitrogens is 2. The number of nitrogens with one attached hydrogen (secondary N) is 1. The molecule has 0 unspecified atom stereocenters. The molecule has 0 bridgehead atoms. The first kappa shape index (κ1) is 20.6. The van der Waals surface area contributed by atoms with E-state index in [-0.39, 0.29) is 11.2 Å². The van der Waals surface area contributed by atoms with Crippen LogP contribution in [0.4, 0.5) is 0 Å². The van der Waals surface area contributed by atoms with Crippen molar-refractivity contribution in [2.45, 2.75) is 33.2 Å². The molecule has 1 N–H and O–H groups in total. The second-order valence-corrected chi connectivity index (χ2v) is 8.47. The second kappa shape index (κ2) is 8.62. The molecule has 156 valence electrons. The Hall–Kier alpha value is -2.63. The standard InChI is InChI=1S/C24H26ClN3O2/c1-16-14-17(2)22-21(15-16)23(29)28(24(30)26-22)11-3-10-27-12-8-19(9-13-27)18-4-6-20(25)7-5-18/h4-8,14-15H,3,9-13H2,1-2H3,(H,26,30). The topological polar surface area (TPSA) is 58.1 Å². The van der Waals surface area contributed by atoms with Crippen molar-refractivity contribution in [3.63, 3.8) is 0 Å². The number of benzene rings is 2. The smallest absolute Gasteiger partial charge is 0.306 e. The Bertz CT molecular complexity index is 1220. The minimum Gasteiger partial charge on any atom is -0.306 e. The van der Waals surface area contributed by atoms with Crippen molar-refractivity contribution in [1.29, 1.82) is 0 Å². The van der Waals surface area contributed by atoms with Gasteiger partial charge in [0.1, 0.15) is 0 Å². The molecule has 0 atom stereocenters. The average molecular weight is 424 g/mol. The molecule has 1 aliphatic heterocycles. The number of halogens is 1. The maximum Gasteiger partial charge on any atom is 0.328 e. The molecule has 6 heteroatoms. The fourth-order valence-electron chi connectivity index (χ4n) is 4.21. The van der Waals surface area contributed by atoms with E-state index in [1.54, 1.807) is 0 Å². The van der Waals surface area contributed by atoms with Gasteiger partial charge in [-0.3, -0.25) is 14.3 Å². The molecule has 1 aliphatic rings. The van der Waals surface area contributed by atoms with E-state index in [0.717, 1.165) is 48.6 Å². The van der Waals surface area contributed by atoms with Gasteiger partial charge < -0.3 is 4.98 Å². The summed E-state index contributed by atoms with van der Waals surface area (Å²) in [4.78, 5) is 30.6. The maximum atomic E-state index is 12.9. The molecular weight excluding hydrogens is 398 g/mol. The third-order valence-corrected chi connectivity index (χ3v) is 6.05. The molecule has 4 rings (SSSR count). The zero-order valence-electron chi connectivity index (χ0n) is 17.4. The van der Waals surface area contributed by atoms with Crippen LogP contribution in [-0.2, 0) is 6.54 Å². The molecule has 0 amide bonds. The first-order valence-electron chi connectivity index (χ1n) is 10.3. The molecule has 2 aromatic carbocycles. The molecule has 1 aromatic heterocycles. The number of aryl methyl sites for hydroxylation is 2.